The van der Waals surface area contributed by atoms with Crippen molar-refractivity contribution in [1.29, 1.82) is 0 Å². The normalized spacial score (nSPS) is 11.3. The van der Waals surface area contributed by atoms with Crippen LogP contribution in [0.5, 0.6) is 0 Å². The van der Waals surface area contributed by atoms with E-state index < -0.39 is 10.9 Å². The van der Waals surface area contributed by atoms with Crippen molar-refractivity contribution in [3.05, 3.63) is 27.3 Å². The van der Waals surface area contributed by atoms with Crippen LogP contribution < -0.4 is 0 Å². The molecule has 1 aromatic heterocycles. The number of hydroxylamine groups is 1. The molecule has 0 radical (unpaired) electrons. The SMILES string of the molecule is CC(=O)OCCn1c([N+](=O)[O-])cnc1C=[N+](C)[O-]. The van der Waals surface area contributed by atoms with E-state index in [1.807, 2.05) is 0 Å². The predicted molar refractivity (Wildman–Crippen MR) is 60.2 cm³/mol. The Balaban J connectivity index is 2.96. The fraction of sp³-hybridized carbons (Fsp3) is 0.444. The lowest BCUT2D eigenvalue weighted by molar-refractivity contribution is -0.417. The van der Waals surface area contributed by atoms with E-state index >= 15 is 0 Å². The molecular formula is C9H12N4O5. The number of carbonyl (C=O) groups excluding carboxylic acids is 1. The number of esters is 1. The summed E-state index contributed by atoms with van der Waals surface area (Å²) in [5.74, 6) is -0.620. The quantitative estimate of drug-likeness (QED) is 0.182. The van der Waals surface area contributed by atoms with Crippen molar-refractivity contribution in [2.75, 3.05) is 13.7 Å². The van der Waals surface area contributed by atoms with E-state index in [0.717, 1.165) is 12.4 Å². The molecule has 0 saturated heterocycles. The van der Waals surface area contributed by atoms with Crippen LogP contribution in [0.15, 0.2) is 6.20 Å². The number of carbonyl (C=O) groups is 1. The van der Waals surface area contributed by atoms with Crippen molar-refractivity contribution in [3.63, 3.8) is 0 Å². The number of rotatable bonds is 5. The highest BCUT2D eigenvalue weighted by Crippen LogP contribution is 2.12. The monoisotopic (exact) mass is 256 g/mol. The van der Waals surface area contributed by atoms with E-state index in [2.05, 4.69) is 4.98 Å². The van der Waals surface area contributed by atoms with Crippen molar-refractivity contribution < 1.29 is 19.2 Å². The van der Waals surface area contributed by atoms with Crippen LogP contribution in [0.4, 0.5) is 5.82 Å². The van der Waals surface area contributed by atoms with Crippen LogP contribution in [-0.2, 0) is 16.1 Å². The van der Waals surface area contributed by atoms with Crippen LogP contribution in [0.25, 0.3) is 0 Å². The Labute approximate surface area is 102 Å². The molecule has 98 valence electrons. The molecule has 0 spiro atoms. The Kier molecular flexibility index (Phi) is 4.35. The Morgan fingerprint density at radius 2 is 2.28 bits per heavy atom. The molecule has 0 atom stereocenters. The first-order chi connectivity index (χ1) is 8.41. The number of aromatic nitrogens is 2. The number of hydrogen-bond acceptors (Lipinski definition) is 6. The van der Waals surface area contributed by atoms with Gasteiger partial charge in [-0.25, -0.2) is 9.72 Å². The number of ether oxygens (including phenoxy) is 1. The summed E-state index contributed by atoms with van der Waals surface area (Å²) in [5.41, 5.74) is 0. The number of imidazole rings is 1. The molecule has 0 bridgehead atoms. The molecule has 0 N–H and O–H groups in total. The van der Waals surface area contributed by atoms with E-state index in [9.17, 15) is 20.1 Å². The zero-order valence-corrected chi connectivity index (χ0v) is 9.90. The summed E-state index contributed by atoms with van der Waals surface area (Å²) in [6, 6.07) is 0. The number of hydrogen-bond donors (Lipinski definition) is 0. The van der Waals surface area contributed by atoms with Crippen LogP contribution in [0, 0.1) is 15.3 Å². The predicted octanol–water partition coefficient (Wildman–Crippen LogP) is -0.0866. The highest BCUT2D eigenvalue weighted by atomic mass is 16.6. The molecule has 1 heterocycles. The third kappa shape index (κ3) is 3.54. The summed E-state index contributed by atoms with van der Waals surface area (Å²) in [5, 5.41) is 21.6. The number of nitro groups is 1. The second-order valence-electron chi connectivity index (χ2n) is 3.40. The van der Waals surface area contributed by atoms with Crippen molar-refractivity contribution in [2.45, 2.75) is 13.5 Å². The fourth-order valence-electron chi connectivity index (χ4n) is 1.30. The van der Waals surface area contributed by atoms with Gasteiger partial charge in [-0.05, 0) is 4.92 Å². The van der Waals surface area contributed by atoms with Gasteiger partial charge in [0.2, 0.25) is 6.21 Å². The van der Waals surface area contributed by atoms with Crippen LogP contribution in [-0.4, -0.2) is 45.1 Å². The highest BCUT2D eigenvalue weighted by Gasteiger charge is 2.20. The number of nitrogens with zero attached hydrogens (tertiary/aromatic N) is 4. The highest BCUT2D eigenvalue weighted by molar-refractivity contribution is 5.71. The Morgan fingerprint density at radius 3 is 2.78 bits per heavy atom. The van der Waals surface area contributed by atoms with Gasteiger partial charge in [0.05, 0.1) is 0 Å². The van der Waals surface area contributed by atoms with Gasteiger partial charge in [0.15, 0.2) is 0 Å². The van der Waals surface area contributed by atoms with Gasteiger partial charge >= 0.3 is 11.8 Å². The maximum Gasteiger partial charge on any atom is 0.343 e. The van der Waals surface area contributed by atoms with Gasteiger partial charge in [0.25, 0.3) is 5.82 Å². The molecule has 0 aromatic carbocycles. The zero-order chi connectivity index (χ0) is 13.7. The van der Waals surface area contributed by atoms with Crippen molar-refractivity contribution in [2.24, 2.45) is 0 Å². The summed E-state index contributed by atoms with van der Waals surface area (Å²) in [7, 11) is 1.23. The standard InChI is InChI=1S/C9H12N4O5/c1-7(14)18-4-3-12-8(6-11(2)15)10-5-9(12)13(16)17/h5-6H,3-4H2,1-2H3. The molecule has 9 heteroatoms. The van der Waals surface area contributed by atoms with Crippen LogP contribution in [0.2, 0.25) is 0 Å². The van der Waals surface area contributed by atoms with E-state index in [-0.39, 0.29) is 24.8 Å². The Hall–Kier alpha value is -2.45. The minimum absolute atomic E-state index is 0.0318. The lowest BCUT2D eigenvalue weighted by Gasteiger charge is -2.03. The third-order valence-electron chi connectivity index (χ3n) is 1.97. The average molecular weight is 256 g/mol. The van der Waals surface area contributed by atoms with Gasteiger partial charge in [-0.1, -0.05) is 0 Å². The first-order valence-electron chi connectivity index (χ1n) is 5.00. The smallest absolute Gasteiger partial charge is 0.343 e. The fourth-order valence-corrected chi connectivity index (χ4v) is 1.30. The molecule has 0 unspecified atom stereocenters. The second kappa shape index (κ2) is 5.75. The summed E-state index contributed by atoms with van der Waals surface area (Å²) in [6.45, 7) is 1.26. The largest absolute Gasteiger partial charge is 0.624 e. The third-order valence-corrected chi connectivity index (χ3v) is 1.97. The minimum atomic E-state index is -0.622. The van der Waals surface area contributed by atoms with E-state index in [0.29, 0.717) is 4.74 Å². The molecule has 0 fully saturated rings. The molecule has 1 aromatic rings. The summed E-state index contributed by atoms with van der Waals surface area (Å²) >= 11 is 0. The van der Waals surface area contributed by atoms with Gasteiger partial charge in [-0.3, -0.25) is 4.79 Å². The van der Waals surface area contributed by atoms with Crippen molar-refractivity contribution in [1.82, 2.24) is 9.55 Å². The van der Waals surface area contributed by atoms with Crippen LogP contribution in [0.3, 0.4) is 0 Å². The van der Waals surface area contributed by atoms with E-state index in [4.69, 9.17) is 4.74 Å². The molecule has 9 nitrogen and oxygen atoms in total. The molecule has 0 aliphatic heterocycles. The molecule has 0 saturated carbocycles. The van der Waals surface area contributed by atoms with E-state index in [1.165, 1.54) is 18.5 Å². The first kappa shape index (κ1) is 13.6. The zero-order valence-electron chi connectivity index (χ0n) is 9.90. The minimum Gasteiger partial charge on any atom is -0.624 e. The Bertz CT molecular complexity index is 489. The molecule has 0 aliphatic rings. The Morgan fingerprint density at radius 1 is 1.61 bits per heavy atom. The summed E-state index contributed by atoms with van der Waals surface area (Å²) < 4.78 is 6.37. The summed E-state index contributed by atoms with van der Waals surface area (Å²) in [6.07, 6.45) is 2.14. The van der Waals surface area contributed by atoms with Gasteiger partial charge in [0, 0.05) is 6.92 Å². The maximum absolute atomic E-state index is 10.9. The lowest BCUT2D eigenvalue weighted by Crippen LogP contribution is -2.14. The molecule has 1 rings (SSSR count). The first-order valence-corrected chi connectivity index (χ1v) is 5.00. The molecule has 0 aliphatic carbocycles. The average Bonchev–Trinajstić information content (AvgIpc) is 2.60. The van der Waals surface area contributed by atoms with E-state index in [1.54, 1.807) is 0 Å². The summed E-state index contributed by atoms with van der Waals surface area (Å²) in [4.78, 5) is 24.5. The lowest BCUT2D eigenvalue weighted by atomic mass is 10.5. The second-order valence-corrected chi connectivity index (χ2v) is 3.40. The maximum atomic E-state index is 10.9. The van der Waals surface area contributed by atoms with Gasteiger partial charge in [0.1, 0.15) is 26.4 Å². The van der Waals surface area contributed by atoms with Crippen LogP contribution >= 0.6 is 0 Å². The topological polar surface area (TPSA) is 113 Å². The molecular weight excluding hydrogens is 244 g/mol. The molecule has 18 heavy (non-hydrogen) atoms. The van der Waals surface area contributed by atoms with Crippen LogP contribution in [0.1, 0.15) is 12.7 Å². The van der Waals surface area contributed by atoms with Crippen molar-refractivity contribution >= 4 is 18.0 Å². The van der Waals surface area contributed by atoms with Gasteiger partial charge in [-0.15, -0.1) is 0 Å². The van der Waals surface area contributed by atoms with Gasteiger partial charge < -0.3 is 20.1 Å². The van der Waals surface area contributed by atoms with Gasteiger partial charge in [-0.2, -0.15) is 4.57 Å². The van der Waals surface area contributed by atoms with Crippen molar-refractivity contribution in [3.8, 4) is 0 Å². The molecule has 0 amide bonds.